The molecule has 1 aromatic heterocycles. The molecule has 17 heavy (non-hydrogen) atoms. The normalized spacial score (nSPS) is 19.9. The zero-order valence-corrected chi connectivity index (χ0v) is 10.2. The van der Waals surface area contributed by atoms with Gasteiger partial charge in [-0.1, -0.05) is 0 Å². The van der Waals surface area contributed by atoms with Gasteiger partial charge < -0.3 is 14.8 Å². The van der Waals surface area contributed by atoms with E-state index in [0.29, 0.717) is 17.9 Å². The Morgan fingerprint density at radius 1 is 1.53 bits per heavy atom. The molecule has 1 unspecified atom stereocenters. The van der Waals surface area contributed by atoms with E-state index in [4.69, 9.17) is 9.47 Å². The maximum atomic E-state index is 5.66. The highest BCUT2D eigenvalue weighted by Gasteiger charge is 2.13. The highest BCUT2D eigenvalue weighted by Crippen LogP contribution is 2.15. The summed E-state index contributed by atoms with van der Waals surface area (Å²) < 4.78 is 10.7. The molecule has 0 radical (unpaired) electrons. The largest absolute Gasteiger partial charge is 0.481 e. The summed E-state index contributed by atoms with van der Waals surface area (Å²) in [5.74, 6) is 1.19. The number of rotatable bonds is 5. The lowest BCUT2D eigenvalue weighted by atomic mass is 10.1. The van der Waals surface area contributed by atoms with E-state index in [2.05, 4.69) is 15.3 Å². The average molecular weight is 237 g/mol. The van der Waals surface area contributed by atoms with Crippen LogP contribution in [0.2, 0.25) is 0 Å². The van der Waals surface area contributed by atoms with E-state index < -0.39 is 0 Å². The molecule has 2 rings (SSSR count). The fraction of sp³-hybridized carbons (Fsp3) is 0.667. The summed E-state index contributed by atoms with van der Waals surface area (Å²) in [5, 5.41) is 3.18. The van der Waals surface area contributed by atoms with Crippen molar-refractivity contribution < 1.29 is 9.47 Å². The number of methoxy groups -OCH3 is 1. The van der Waals surface area contributed by atoms with Gasteiger partial charge in [0.15, 0.2) is 0 Å². The number of hydrogen-bond donors (Lipinski definition) is 1. The van der Waals surface area contributed by atoms with Crippen LogP contribution in [0.3, 0.4) is 0 Å². The molecule has 5 heteroatoms. The summed E-state index contributed by atoms with van der Waals surface area (Å²) in [6, 6.07) is 1.73. The van der Waals surface area contributed by atoms with Crippen LogP contribution < -0.4 is 10.1 Å². The van der Waals surface area contributed by atoms with Crippen molar-refractivity contribution in [2.75, 3.05) is 25.6 Å². The van der Waals surface area contributed by atoms with E-state index in [1.807, 2.05) is 0 Å². The van der Waals surface area contributed by atoms with Crippen molar-refractivity contribution in [3.05, 3.63) is 12.3 Å². The van der Waals surface area contributed by atoms with Gasteiger partial charge in [0.05, 0.1) is 13.2 Å². The Hall–Kier alpha value is -1.36. The van der Waals surface area contributed by atoms with Crippen LogP contribution in [0.5, 0.6) is 5.88 Å². The van der Waals surface area contributed by atoms with Gasteiger partial charge in [0.1, 0.15) is 0 Å². The third kappa shape index (κ3) is 3.85. The highest BCUT2D eigenvalue weighted by atomic mass is 16.5. The fourth-order valence-electron chi connectivity index (χ4n) is 1.92. The Morgan fingerprint density at radius 2 is 2.47 bits per heavy atom. The first kappa shape index (κ1) is 12.1. The van der Waals surface area contributed by atoms with E-state index in [9.17, 15) is 0 Å². The molecule has 0 aromatic carbocycles. The number of ether oxygens (including phenoxy) is 2. The second-order valence-corrected chi connectivity index (χ2v) is 4.13. The van der Waals surface area contributed by atoms with Crippen molar-refractivity contribution in [3.63, 3.8) is 0 Å². The number of anilines is 1. The maximum absolute atomic E-state index is 5.66. The zero-order chi connectivity index (χ0) is 11.9. The minimum Gasteiger partial charge on any atom is -0.481 e. The molecule has 0 aliphatic carbocycles. The van der Waals surface area contributed by atoms with Gasteiger partial charge in [0.2, 0.25) is 11.8 Å². The molecule has 94 valence electrons. The summed E-state index contributed by atoms with van der Waals surface area (Å²) in [6.45, 7) is 1.73. The van der Waals surface area contributed by atoms with Gasteiger partial charge >= 0.3 is 0 Å². The summed E-state index contributed by atoms with van der Waals surface area (Å²) in [7, 11) is 1.60. The molecule has 1 fully saturated rings. The van der Waals surface area contributed by atoms with Crippen LogP contribution in [0.4, 0.5) is 5.95 Å². The molecular formula is C12H19N3O2. The Kier molecular flexibility index (Phi) is 4.55. The molecule has 1 N–H and O–H groups in total. The molecule has 5 nitrogen and oxygen atoms in total. The lowest BCUT2D eigenvalue weighted by Gasteiger charge is -2.22. The van der Waals surface area contributed by atoms with Crippen molar-refractivity contribution in [3.8, 4) is 5.88 Å². The topological polar surface area (TPSA) is 56.3 Å². The Balaban J connectivity index is 1.73. The standard InChI is InChI=1S/C12H19N3O2/c1-16-11-6-8-14-12(15-11)13-7-5-10-4-2-3-9-17-10/h6,8,10H,2-5,7,9H2,1H3,(H,13,14,15). The van der Waals surface area contributed by atoms with Gasteiger partial charge in [-0.2, -0.15) is 4.98 Å². The summed E-state index contributed by atoms with van der Waals surface area (Å²) in [5.41, 5.74) is 0. The molecule has 0 amide bonds. The van der Waals surface area contributed by atoms with Crippen molar-refractivity contribution in [1.82, 2.24) is 9.97 Å². The molecule has 0 spiro atoms. The van der Waals surface area contributed by atoms with Crippen LogP contribution in [0, 0.1) is 0 Å². The molecule has 1 aliphatic rings. The Labute approximate surface area is 102 Å². The van der Waals surface area contributed by atoms with Crippen LogP contribution in [-0.2, 0) is 4.74 Å². The quantitative estimate of drug-likeness (QED) is 0.847. The third-order valence-electron chi connectivity index (χ3n) is 2.86. The number of nitrogens with zero attached hydrogens (tertiary/aromatic N) is 2. The van der Waals surface area contributed by atoms with Gasteiger partial charge in [0, 0.05) is 25.4 Å². The molecular weight excluding hydrogens is 218 g/mol. The number of hydrogen-bond acceptors (Lipinski definition) is 5. The smallest absolute Gasteiger partial charge is 0.225 e. The van der Waals surface area contributed by atoms with Gasteiger partial charge in [-0.05, 0) is 25.7 Å². The van der Waals surface area contributed by atoms with E-state index in [0.717, 1.165) is 19.6 Å². The van der Waals surface area contributed by atoms with Crippen molar-refractivity contribution >= 4 is 5.95 Å². The van der Waals surface area contributed by atoms with Crippen molar-refractivity contribution in [1.29, 1.82) is 0 Å². The first-order valence-corrected chi connectivity index (χ1v) is 6.11. The highest BCUT2D eigenvalue weighted by molar-refractivity contribution is 5.27. The summed E-state index contributed by atoms with van der Waals surface area (Å²) in [4.78, 5) is 8.32. The monoisotopic (exact) mass is 237 g/mol. The first-order valence-electron chi connectivity index (χ1n) is 6.11. The van der Waals surface area contributed by atoms with Gasteiger partial charge in [-0.25, -0.2) is 4.98 Å². The molecule has 1 aliphatic heterocycles. The van der Waals surface area contributed by atoms with E-state index in [1.165, 1.54) is 19.3 Å². The van der Waals surface area contributed by atoms with Crippen LogP contribution >= 0.6 is 0 Å². The van der Waals surface area contributed by atoms with E-state index in [-0.39, 0.29) is 0 Å². The summed E-state index contributed by atoms with van der Waals surface area (Å²) >= 11 is 0. The minimum atomic E-state index is 0.391. The number of nitrogens with one attached hydrogen (secondary N) is 1. The Bertz CT molecular complexity index is 340. The van der Waals surface area contributed by atoms with E-state index >= 15 is 0 Å². The van der Waals surface area contributed by atoms with Crippen molar-refractivity contribution in [2.45, 2.75) is 31.8 Å². The molecule has 0 saturated carbocycles. The lowest BCUT2D eigenvalue weighted by molar-refractivity contribution is 0.0134. The van der Waals surface area contributed by atoms with Gasteiger partial charge in [-0.15, -0.1) is 0 Å². The summed E-state index contributed by atoms with van der Waals surface area (Å²) in [6.07, 6.45) is 6.72. The zero-order valence-electron chi connectivity index (χ0n) is 10.2. The Morgan fingerprint density at radius 3 is 3.24 bits per heavy atom. The van der Waals surface area contributed by atoms with Crippen LogP contribution in [0.1, 0.15) is 25.7 Å². The third-order valence-corrected chi connectivity index (χ3v) is 2.86. The van der Waals surface area contributed by atoms with Crippen molar-refractivity contribution in [2.24, 2.45) is 0 Å². The van der Waals surface area contributed by atoms with Crippen LogP contribution in [0.15, 0.2) is 12.3 Å². The fourth-order valence-corrected chi connectivity index (χ4v) is 1.92. The predicted octanol–water partition coefficient (Wildman–Crippen LogP) is 1.86. The molecule has 1 aromatic rings. The molecule has 0 bridgehead atoms. The maximum Gasteiger partial charge on any atom is 0.225 e. The van der Waals surface area contributed by atoms with Crippen LogP contribution in [-0.4, -0.2) is 36.3 Å². The van der Waals surface area contributed by atoms with Gasteiger partial charge in [-0.3, -0.25) is 0 Å². The number of aromatic nitrogens is 2. The second kappa shape index (κ2) is 6.39. The van der Waals surface area contributed by atoms with Gasteiger partial charge in [0.25, 0.3) is 0 Å². The lowest BCUT2D eigenvalue weighted by Crippen LogP contribution is -2.22. The molecule has 1 saturated heterocycles. The SMILES string of the molecule is COc1ccnc(NCCC2CCCCO2)n1. The second-order valence-electron chi connectivity index (χ2n) is 4.13. The minimum absolute atomic E-state index is 0.391. The first-order chi connectivity index (χ1) is 8.38. The predicted molar refractivity (Wildman–Crippen MR) is 65.3 cm³/mol. The molecule has 1 atom stereocenters. The molecule has 2 heterocycles. The van der Waals surface area contributed by atoms with E-state index in [1.54, 1.807) is 19.4 Å². The van der Waals surface area contributed by atoms with Crippen LogP contribution in [0.25, 0.3) is 0 Å². The average Bonchev–Trinajstić information content (AvgIpc) is 2.40.